The molecule has 0 spiro atoms. The number of nitrogens with one attached hydrogen (secondary N) is 1. The van der Waals surface area contributed by atoms with E-state index in [9.17, 15) is 0 Å². The standard InChI is InChI=1S/C11H17BrClN3/c1-11(2,3)4-8(13)5-15-10-9(12)6-14-7-16-10/h6-8H,4-5H2,1-3H3,(H,14,15,16). The van der Waals surface area contributed by atoms with Crippen LogP contribution >= 0.6 is 27.5 Å². The number of nitrogens with zero attached hydrogens (tertiary/aromatic N) is 2. The monoisotopic (exact) mass is 305 g/mol. The minimum atomic E-state index is 0.0989. The summed E-state index contributed by atoms with van der Waals surface area (Å²) in [6.07, 6.45) is 4.19. The normalized spacial score (nSPS) is 13.6. The molecule has 0 aromatic carbocycles. The van der Waals surface area contributed by atoms with Gasteiger partial charge in [0.25, 0.3) is 0 Å². The van der Waals surface area contributed by atoms with Crippen LogP contribution in [0.4, 0.5) is 5.82 Å². The SMILES string of the molecule is CC(C)(C)CC(Cl)CNc1ncncc1Br. The summed E-state index contributed by atoms with van der Waals surface area (Å²) < 4.78 is 0.856. The minimum absolute atomic E-state index is 0.0989. The van der Waals surface area contributed by atoms with Crippen LogP contribution in [0.5, 0.6) is 0 Å². The maximum absolute atomic E-state index is 6.25. The molecule has 1 heterocycles. The van der Waals surface area contributed by atoms with E-state index in [0.717, 1.165) is 16.7 Å². The van der Waals surface area contributed by atoms with Gasteiger partial charge >= 0.3 is 0 Å². The van der Waals surface area contributed by atoms with Crippen molar-refractivity contribution in [2.24, 2.45) is 5.41 Å². The quantitative estimate of drug-likeness (QED) is 0.862. The zero-order valence-electron chi connectivity index (χ0n) is 9.80. The Morgan fingerprint density at radius 1 is 1.50 bits per heavy atom. The van der Waals surface area contributed by atoms with Crippen LogP contribution < -0.4 is 5.32 Å². The molecule has 1 rings (SSSR count). The summed E-state index contributed by atoms with van der Waals surface area (Å²) in [5.41, 5.74) is 0.247. The fourth-order valence-corrected chi connectivity index (χ4v) is 2.29. The van der Waals surface area contributed by atoms with E-state index < -0.39 is 0 Å². The highest BCUT2D eigenvalue weighted by molar-refractivity contribution is 9.10. The summed E-state index contributed by atoms with van der Waals surface area (Å²) in [4.78, 5) is 8.02. The number of rotatable bonds is 4. The summed E-state index contributed by atoms with van der Waals surface area (Å²) in [7, 11) is 0. The summed E-state index contributed by atoms with van der Waals surface area (Å²) >= 11 is 9.62. The van der Waals surface area contributed by atoms with Gasteiger partial charge in [-0.3, -0.25) is 0 Å². The largest absolute Gasteiger partial charge is 0.368 e. The lowest BCUT2D eigenvalue weighted by Crippen LogP contribution is -2.21. The Labute approximate surface area is 110 Å². The van der Waals surface area contributed by atoms with Crippen molar-refractivity contribution in [1.82, 2.24) is 9.97 Å². The van der Waals surface area contributed by atoms with Crippen molar-refractivity contribution in [2.75, 3.05) is 11.9 Å². The van der Waals surface area contributed by atoms with E-state index >= 15 is 0 Å². The third-order valence-electron chi connectivity index (χ3n) is 1.99. The summed E-state index contributed by atoms with van der Waals surface area (Å²) in [6, 6.07) is 0. The molecule has 0 amide bonds. The van der Waals surface area contributed by atoms with Gasteiger partial charge in [-0.1, -0.05) is 20.8 Å². The van der Waals surface area contributed by atoms with E-state index in [4.69, 9.17) is 11.6 Å². The van der Waals surface area contributed by atoms with Crippen LogP contribution in [-0.4, -0.2) is 21.9 Å². The predicted octanol–water partition coefficient (Wildman–Crippen LogP) is 3.69. The fourth-order valence-electron chi connectivity index (χ4n) is 1.39. The molecule has 1 unspecified atom stereocenters. The highest BCUT2D eigenvalue weighted by Gasteiger charge is 2.16. The summed E-state index contributed by atoms with van der Waals surface area (Å²) in [5.74, 6) is 0.787. The first kappa shape index (κ1) is 13.7. The molecular weight excluding hydrogens is 289 g/mol. The van der Waals surface area contributed by atoms with Crippen LogP contribution in [0.1, 0.15) is 27.2 Å². The second-order valence-electron chi connectivity index (χ2n) is 4.96. The second kappa shape index (κ2) is 5.82. The third-order valence-corrected chi connectivity index (χ3v) is 2.88. The number of aromatic nitrogens is 2. The third kappa shape index (κ3) is 5.12. The van der Waals surface area contributed by atoms with Crippen molar-refractivity contribution in [3.8, 4) is 0 Å². The Morgan fingerprint density at radius 3 is 2.75 bits per heavy atom. The Balaban J connectivity index is 2.43. The van der Waals surface area contributed by atoms with Gasteiger partial charge < -0.3 is 5.32 Å². The molecule has 0 aliphatic heterocycles. The van der Waals surface area contributed by atoms with Crippen LogP contribution in [0.2, 0.25) is 0 Å². The molecule has 0 aliphatic rings. The Bertz CT molecular complexity index is 338. The van der Waals surface area contributed by atoms with Crippen LogP contribution in [0.25, 0.3) is 0 Å². The van der Waals surface area contributed by atoms with E-state index in [2.05, 4.69) is 52.0 Å². The fraction of sp³-hybridized carbons (Fsp3) is 0.636. The molecule has 1 aromatic heterocycles. The van der Waals surface area contributed by atoms with E-state index in [1.807, 2.05) is 0 Å². The van der Waals surface area contributed by atoms with E-state index in [1.165, 1.54) is 6.33 Å². The molecule has 90 valence electrons. The topological polar surface area (TPSA) is 37.8 Å². The van der Waals surface area contributed by atoms with E-state index in [-0.39, 0.29) is 10.8 Å². The van der Waals surface area contributed by atoms with Crippen molar-refractivity contribution in [3.63, 3.8) is 0 Å². The van der Waals surface area contributed by atoms with Crippen molar-refractivity contribution in [3.05, 3.63) is 17.0 Å². The molecule has 0 bridgehead atoms. The van der Waals surface area contributed by atoms with Crippen molar-refractivity contribution >= 4 is 33.3 Å². The molecule has 0 fully saturated rings. The molecule has 1 atom stereocenters. The van der Waals surface area contributed by atoms with Crippen LogP contribution in [0, 0.1) is 5.41 Å². The highest BCUT2D eigenvalue weighted by atomic mass is 79.9. The second-order valence-corrected chi connectivity index (χ2v) is 6.43. The van der Waals surface area contributed by atoms with Crippen LogP contribution in [0.15, 0.2) is 17.0 Å². The van der Waals surface area contributed by atoms with Gasteiger partial charge in [-0.15, -0.1) is 11.6 Å². The van der Waals surface area contributed by atoms with Crippen molar-refractivity contribution in [2.45, 2.75) is 32.6 Å². The maximum Gasteiger partial charge on any atom is 0.143 e. The molecule has 3 nitrogen and oxygen atoms in total. The Morgan fingerprint density at radius 2 is 2.19 bits per heavy atom. The van der Waals surface area contributed by atoms with Crippen molar-refractivity contribution in [1.29, 1.82) is 0 Å². The maximum atomic E-state index is 6.25. The van der Waals surface area contributed by atoms with E-state index in [0.29, 0.717) is 6.54 Å². The minimum Gasteiger partial charge on any atom is -0.368 e. The van der Waals surface area contributed by atoms with Crippen LogP contribution in [-0.2, 0) is 0 Å². The average Bonchev–Trinajstić information content (AvgIpc) is 2.14. The number of alkyl halides is 1. The average molecular weight is 307 g/mol. The van der Waals surface area contributed by atoms with Gasteiger partial charge in [0.15, 0.2) is 0 Å². The first-order chi connectivity index (χ1) is 7.38. The molecular formula is C11H17BrClN3. The Hall–Kier alpha value is -0.350. The van der Waals surface area contributed by atoms with Gasteiger partial charge in [-0.2, -0.15) is 0 Å². The smallest absolute Gasteiger partial charge is 0.143 e. The van der Waals surface area contributed by atoms with Gasteiger partial charge in [0.2, 0.25) is 0 Å². The molecule has 5 heteroatoms. The Kier molecular flexibility index (Phi) is 4.99. The molecule has 1 N–H and O–H groups in total. The molecule has 16 heavy (non-hydrogen) atoms. The lowest BCUT2D eigenvalue weighted by molar-refractivity contribution is 0.373. The number of halogens is 2. The highest BCUT2D eigenvalue weighted by Crippen LogP contribution is 2.24. The van der Waals surface area contributed by atoms with E-state index in [1.54, 1.807) is 6.20 Å². The summed E-state index contributed by atoms with van der Waals surface area (Å²) in [5, 5.41) is 3.30. The predicted molar refractivity (Wildman–Crippen MR) is 71.9 cm³/mol. The molecule has 0 aliphatic carbocycles. The van der Waals surface area contributed by atoms with Crippen molar-refractivity contribution < 1.29 is 0 Å². The van der Waals surface area contributed by atoms with Gasteiger partial charge in [-0.25, -0.2) is 9.97 Å². The molecule has 1 aromatic rings. The first-order valence-electron chi connectivity index (χ1n) is 5.22. The van der Waals surface area contributed by atoms with Gasteiger partial charge in [0.1, 0.15) is 12.1 Å². The molecule has 0 saturated heterocycles. The lowest BCUT2D eigenvalue weighted by atomic mass is 9.90. The zero-order chi connectivity index (χ0) is 12.2. The zero-order valence-corrected chi connectivity index (χ0v) is 12.1. The van der Waals surface area contributed by atoms with Gasteiger partial charge in [0, 0.05) is 12.7 Å². The molecule has 0 radical (unpaired) electrons. The number of hydrogen-bond acceptors (Lipinski definition) is 3. The van der Waals surface area contributed by atoms with Crippen LogP contribution in [0.3, 0.4) is 0 Å². The van der Waals surface area contributed by atoms with Gasteiger partial charge in [0.05, 0.1) is 9.85 Å². The van der Waals surface area contributed by atoms with Gasteiger partial charge in [-0.05, 0) is 27.8 Å². The number of anilines is 1. The lowest BCUT2D eigenvalue weighted by Gasteiger charge is -2.22. The number of hydrogen-bond donors (Lipinski definition) is 1. The molecule has 0 saturated carbocycles. The summed E-state index contributed by atoms with van der Waals surface area (Å²) in [6.45, 7) is 7.25. The first-order valence-corrected chi connectivity index (χ1v) is 6.45.